The van der Waals surface area contributed by atoms with Crippen molar-refractivity contribution in [3.05, 3.63) is 59.8 Å². The molecule has 4 N–H and O–H groups in total. The maximum atomic E-state index is 12.1. The monoisotopic (exact) mass is 336 g/mol. The van der Waals surface area contributed by atoms with Crippen molar-refractivity contribution in [1.29, 1.82) is 0 Å². The Balaban J connectivity index is 1.88. The Bertz CT molecular complexity index is 954. The first-order chi connectivity index (χ1) is 12.1. The molecule has 1 heterocycles. The number of ether oxygens (including phenoxy) is 1. The number of nitrogens with two attached hydrogens (primary N) is 1. The lowest BCUT2D eigenvalue weighted by Crippen LogP contribution is -2.75. The van der Waals surface area contributed by atoms with Crippen LogP contribution in [0, 0.1) is 6.92 Å². The molecule has 126 valence electrons. The standard InChI is InChI=1S/C18H17N5O2/c1-11-14-9-8-13(25-2)10-15(14)21-18(20-11)23-17(19)22-16(24)12-6-4-3-5-7-12/h3-10H,1-2H3,(H3,19,20,21,22,23,24)/p+1. The van der Waals surface area contributed by atoms with Crippen molar-refractivity contribution in [3.63, 3.8) is 0 Å². The summed E-state index contributed by atoms with van der Waals surface area (Å²) in [7, 11) is 1.60. The number of methoxy groups -OCH3 is 1. The molecule has 0 saturated carbocycles. The molecular formula is C18H18N5O2+. The largest absolute Gasteiger partial charge is 0.497 e. The number of guanidine groups is 1. The summed E-state index contributed by atoms with van der Waals surface area (Å²) in [5.41, 5.74) is 7.88. The minimum absolute atomic E-state index is 0.0514. The van der Waals surface area contributed by atoms with Crippen molar-refractivity contribution in [2.75, 3.05) is 7.11 Å². The summed E-state index contributed by atoms with van der Waals surface area (Å²) < 4.78 is 5.22. The van der Waals surface area contributed by atoms with E-state index < -0.39 is 0 Å². The van der Waals surface area contributed by atoms with Crippen LogP contribution in [0.2, 0.25) is 0 Å². The molecule has 1 aromatic heterocycles. The van der Waals surface area contributed by atoms with E-state index in [9.17, 15) is 4.79 Å². The normalized spacial score (nSPS) is 11.4. The highest BCUT2D eigenvalue weighted by Gasteiger charge is 2.12. The van der Waals surface area contributed by atoms with Gasteiger partial charge in [0, 0.05) is 17.0 Å². The minimum Gasteiger partial charge on any atom is -0.497 e. The van der Waals surface area contributed by atoms with E-state index in [1.54, 1.807) is 31.4 Å². The highest BCUT2D eigenvalue weighted by molar-refractivity contribution is 6.03. The van der Waals surface area contributed by atoms with Crippen LogP contribution in [0.1, 0.15) is 16.1 Å². The number of fused-ring (bicyclic) bond motifs is 1. The zero-order chi connectivity index (χ0) is 17.8. The third-order valence-corrected chi connectivity index (χ3v) is 3.63. The summed E-state index contributed by atoms with van der Waals surface area (Å²) >= 11 is 0. The second-order valence-corrected chi connectivity index (χ2v) is 5.37. The number of benzene rings is 2. The number of hydrogen-bond donors (Lipinski definition) is 3. The fourth-order valence-corrected chi connectivity index (χ4v) is 2.39. The molecular weight excluding hydrogens is 318 g/mol. The second-order valence-electron chi connectivity index (χ2n) is 5.37. The molecule has 0 saturated heterocycles. The Morgan fingerprint density at radius 1 is 1.16 bits per heavy atom. The maximum Gasteiger partial charge on any atom is 0.354 e. The first kappa shape index (κ1) is 16.4. The number of rotatable bonds is 3. The van der Waals surface area contributed by atoms with E-state index in [4.69, 9.17) is 10.5 Å². The average molecular weight is 336 g/mol. The minimum atomic E-state index is -0.315. The molecule has 7 nitrogen and oxygen atoms in total. The topological polar surface area (TPSA) is 104 Å². The first-order valence-corrected chi connectivity index (χ1v) is 7.65. The average Bonchev–Trinajstić information content (AvgIpc) is 2.61. The smallest absolute Gasteiger partial charge is 0.354 e. The maximum absolute atomic E-state index is 12.1. The third kappa shape index (κ3) is 3.72. The van der Waals surface area contributed by atoms with Crippen LogP contribution in [-0.2, 0) is 0 Å². The molecule has 3 rings (SSSR count). The van der Waals surface area contributed by atoms with Gasteiger partial charge in [0.1, 0.15) is 11.3 Å². The number of nitrogens with one attached hydrogen (secondary N) is 2. The highest BCUT2D eigenvalue weighted by atomic mass is 16.5. The van der Waals surface area contributed by atoms with Crippen molar-refractivity contribution in [1.82, 2.24) is 15.3 Å². The van der Waals surface area contributed by atoms with Crippen molar-refractivity contribution in [3.8, 4) is 5.75 Å². The molecule has 7 heteroatoms. The number of amides is 1. The Kier molecular flexibility index (Phi) is 4.56. The van der Waals surface area contributed by atoms with Crippen LogP contribution >= 0.6 is 0 Å². The summed E-state index contributed by atoms with van der Waals surface area (Å²) in [4.78, 5) is 23.7. The van der Waals surface area contributed by atoms with Gasteiger partial charge >= 0.3 is 5.95 Å². The third-order valence-electron chi connectivity index (χ3n) is 3.63. The lowest BCUT2D eigenvalue weighted by molar-refractivity contribution is -0.367. The fraction of sp³-hybridized carbons (Fsp3) is 0.111. The van der Waals surface area contributed by atoms with Crippen molar-refractivity contribution >= 4 is 28.7 Å². The van der Waals surface area contributed by atoms with E-state index in [1.165, 1.54) is 0 Å². The Morgan fingerprint density at radius 2 is 1.92 bits per heavy atom. The molecule has 3 aromatic rings. The number of carbonyl (C=O) groups excluding carboxylic acids is 1. The highest BCUT2D eigenvalue weighted by Crippen LogP contribution is 2.21. The van der Waals surface area contributed by atoms with Crippen LogP contribution in [0.25, 0.3) is 10.9 Å². The molecule has 0 bridgehead atoms. The number of aryl methyl sites for hydroxylation is 1. The molecule has 0 spiro atoms. The van der Waals surface area contributed by atoms with E-state index in [2.05, 4.69) is 20.3 Å². The molecule has 0 aliphatic heterocycles. The van der Waals surface area contributed by atoms with Crippen LogP contribution in [0.3, 0.4) is 0 Å². The summed E-state index contributed by atoms with van der Waals surface area (Å²) in [5.74, 6) is 0.732. The molecule has 0 fully saturated rings. The quantitative estimate of drug-likeness (QED) is 0.474. The summed E-state index contributed by atoms with van der Waals surface area (Å²) in [6.07, 6.45) is 0. The fourth-order valence-electron chi connectivity index (χ4n) is 2.39. The molecule has 1 amide bonds. The summed E-state index contributed by atoms with van der Waals surface area (Å²) in [6, 6.07) is 14.4. The van der Waals surface area contributed by atoms with Gasteiger partial charge in [0.05, 0.1) is 12.8 Å². The lowest BCUT2D eigenvalue weighted by atomic mass is 10.2. The second kappa shape index (κ2) is 6.96. The predicted octanol–water partition coefficient (Wildman–Crippen LogP) is 0.404. The molecule has 0 unspecified atom stereocenters. The molecule has 25 heavy (non-hydrogen) atoms. The van der Waals surface area contributed by atoms with Gasteiger partial charge < -0.3 is 10.5 Å². The van der Waals surface area contributed by atoms with Crippen molar-refractivity contribution in [2.24, 2.45) is 5.73 Å². The molecule has 0 atom stereocenters. The van der Waals surface area contributed by atoms with Crippen LogP contribution < -0.4 is 20.8 Å². The van der Waals surface area contributed by atoms with Gasteiger partial charge in [-0.05, 0) is 31.2 Å². The van der Waals surface area contributed by atoms with Gasteiger partial charge in [-0.15, -0.1) is 9.97 Å². The zero-order valence-electron chi connectivity index (χ0n) is 13.9. The van der Waals surface area contributed by atoms with E-state index in [0.29, 0.717) is 17.3 Å². The number of aromatic nitrogens is 2. The van der Waals surface area contributed by atoms with E-state index in [1.807, 2.05) is 31.2 Å². The Labute approximate surface area is 144 Å². The molecule has 0 aliphatic carbocycles. The Morgan fingerprint density at radius 3 is 2.64 bits per heavy atom. The number of carbonyl (C=O) groups is 1. The van der Waals surface area contributed by atoms with Gasteiger partial charge in [-0.25, -0.2) is 10.3 Å². The molecule has 2 aromatic carbocycles. The van der Waals surface area contributed by atoms with Crippen LogP contribution in [-0.4, -0.2) is 28.9 Å². The SMILES string of the molecule is COc1ccc2c(C)nc([NH+]=C(N)NC(=O)c3ccccc3)nc2c1. The predicted molar refractivity (Wildman–Crippen MR) is 94.6 cm³/mol. The van der Waals surface area contributed by atoms with Crippen LogP contribution in [0.4, 0.5) is 5.95 Å². The van der Waals surface area contributed by atoms with E-state index >= 15 is 0 Å². The lowest BCUT2D eigenvalue weighted by Gasteiger charge is -2.03. The van der Waals surface area contributed by atoms with Gasteiger partial charge in [-0.2, -0.15) is 0 Å². The van der Waals surface area contributed by atoms with Gasteiger partial charge in [-0.3, -0.25) is 4.79 Å². The number of hydrogen-bond acceptors (Lipinski definition) is 4. The summed E-state index contributed by atoms with van der Waals surface area (Å²) in [6.45, 7) is 1.88. The molecule has 0 radical (unpaired) electrons. The van der Waals surface area contributed by atoms with Gasteiger partial charge in [0.15, 0.2) is 0 Å². The van der Waals surface area contributed by atoms with E-state index in [0.717, 1.165) is 16.6 Å². The first-order valence-electron chi connectivity index (χ1n) is 7.65. The molecule has 0 aliphatic rings. The van der Waals surface area contributed by atoms with Crippen molar-refractivity contribution in [2.45, 2.75) is 6.92 Å². The summed E-state index contributed by atoms with van der Waals surface area (Å²) in [5, 5.41) is 3.49. The number of nitrogens with zero attached hydrogens (tertiary/aromatic N) is 2. The van der Waals surface area contributed by atoms with E-state index in [-0.39, 0.29) is 11.9 Å². The zero-order valence-corrected chi connectivity index (χ0v) is 13.9. The van der Waals surface area contributed by atoms with Gasteiger partial charge in [0.25, 0.3) is 11.9 Å². The Hall–Kier alpha value is -3.48. The van der Waals surface area contributed by atoms with Crippen LogP contribution in [0.5, 0.6) is 5.75 Å². The van der Waals surface area contributed by atoms with Crippen LogP contribution in [0.15, 0.2) is 48.5 Å². The van der Waals surface area contributed by atoms with Gasteiger partial charge in [0.2, 0.25) is 0 Å². The van der Waals surface area contributed by atoms with Crippen molar-refractivity contribution < 1.29 is 14.5 Å². The van der Waals surface area contributed by atoms with Gasteiger partial charge in [-0.1, -0.05) is 18.2 Å².